The zero-order valence-corrected chi connectivity index (χ0v) is 10.4. The lowest BCUT2D eigenvalue weighted by atomic mass is 10.1. The van der Waals surface area contributed by atoms with Gasteiger partial charge in [0.05, 0.1) is 6.61 Å². The first-order chi connectivity index (χ1) is 9.49. The Labute approximate surface area is 113 Å². The zero-order valence-electron chi connectivity index (χ0n) is 10.4. The number of ether oxygens (including phenoxy) is 1. The van der Waals surface area contributed by atoms with E-state index in [1.807, 2.05) is 0 Å². The number of nitrogens with zero attached hydrogens (tertiary/aromatic N) is 1. The minimum atomic E-state index is -4.43. The van der Waals surface area contributed by atoms with Crippen LogP contribution in [-0.4, -0.2) is 22.9 Å². The van der Waals surface area contributed by atoms with E-state index in [-0.39, 0.29) is 12.5 Å². The van der Waals surface area contributed by atoms with E-state index >= 15 is 0 Å². The van der Waals surface area contributed by atoms with Crippen molar-refractivity contribution in [3.63, 3.8) is 0 Å². The van der Waals surface area contributed by atoms with Crippen LogP contribution in [0.4, 0.5) is 13.2 Å². The van der Waals surface area contributed by atoms with Crippen LogP contribution >= 0.6 is 0 Å². The van der Waals surface area contributed by atoms with Crippen LogP contribution in [0, 0.1) is 0 Å². The number of aliphatic hydroxyl groups excluding tert-OH is 1. The lowest BCUT2D eigenvalue weighted by Gasteiger charge is -2.13. The maximum atomic E-state index is 12.2. The molecule has 0 aliphatic heterocycles. The fourth-order valence-electron chi connectivity index (χ4n) is 1.67. The van der Waals surface area contributed by atoms with Crippen LogP contribution in [0.1, 0.15) is 5.56 Å². The summed E-state index contributed by atoms with van der Waals surface area (Å²) in [5.41, 5.74) is 1.59. The van der Waals surface area contributed by atoms with Crippen LogP contribution in [0.2, 0.25) is 0 Å². The van der Waals surface area contributed by atoms with Crippen molar-refractivity contribution >= 4 is 0 Å². The van der Waals surface area contributed by atoms with Crippen molar-refractivity contribution in [1.29, 1.82) is 0 Å². The van der Waals surface area contributed by atoms with Crippen LogP contribution in [0.3, 0.4) is 0 Å². The summed E-state index contributed by atoms with van der Waals surface area (Å²) in [6, 6.07) is 10.3. The van der Waals surface area contributed by atoms with Crippen molar-refractivity contribution in [2.75, 3.05) is 6.61 Å². The Morgan fingerprint density at radius 2 is 1.85 bits per heavy atom. The largest absolute Gasteiger partial charge is 0.468 e. The number of rotatable bonds is 4. The average Bonchev–Trinajstić information content (AvgIpc) is 2.45. The zero-order chi connectivity index (χ0) is 14.6. The molecule has 0 atom stereocenters. The summed E-state index contributed by atoms with van der Waals surface area (Å²) in [5.74, 6) is -0.106. The van der Waals surface area contributed by atoms with E-state index in [4.69, 9.17) is 9.84 Å². The molecule has 0 radical (unpaired) electrons. The van der Waals surface area contributed by atoms with Gasteiger partial charge in [-0.3, -0.25) is 0 Å². The lowest BCUT2D eigenvalue weighted by molar-refractivity contribution is -0.154. The molecule has 1 N–H and O–H groups in total. The molecular formula is C14H12F3NO2. The smallest absolute Gasteiger partial charge is 0.422 e. The highest BCUT2D eigenvalue weighted by Gasteiger charge is 2.29. The molecule has 2 aromatic rings. The normalized spacial score (nSPS) is 11.4. The predicted octanol–water partition coefficient (Wildman–Crippen LogP) is 3.18. The van der Waals surface area contributed by atoms with Gasteiger partial charge in [-0.1, -0.05) is 30.3 Å². The second-order valence-corrected chi connectivity index (χ2v) is 4.12. The average molecular weight is 283 g/mol. The van der Waals surface area contributed by atoms with Gasteiger partial charge in [0.2, 0.25) is 5.88 Å². The summed E-state index contributed by atoms with van der Waals surface area (Å²) >= 11 is 0. The van der Waals surface area contributed by atoms with Crippen molar-refractivity contribution < 1.29 is 23.0 Å². The molecule has 106 valence electrons. The maximum absolute atomic E-state index is 12.2. The van der Waals surface area contributed by atoms with Gasteiger partial charge in [0.15, 0.2) is 6.61 Å². The fraction of sp³-hybridized carbons (Fsp3) is 0.214. The molecule has 0 amide bonds. The molecule has 6 heteroatoms. The summed E-state index contributed by atoms with van der Waals surface area (Å²) in [4.78, 5) is 3.85. The van der Waals surface area contributed by atoms with E-state index in [0.717, 1.165) is 0 Å². The van der Waals surface area contributed by atoms with Crippen molar-refractivity contribution in [3.8, 4) is 17.0 Å². The van der Waals surface area contributed by atoms with Gasteiger partial charge in [0, 0.05) is 11.8 Å². The Balaban J connectivity index is 2.36. The van der Waals surface area contributed by atoms with Crippen molar-refractivity contribution in [1.82, 2.24) is 4.98 Å². The molecule has 1 aromatic heterocycles. The third-order valence-corrected chi connectivity index (χ3v) is 2.55. The Morgan fingerprint density at radius 1 is 1.15 bits per heavy atom. The molecule has 0 aliphatic carbocycles. The summed E-state index contributed by atoms with van der Waals surface area (Å²) in [6.07, 6.45) is -3.14. The summed E-state index contributed by atoms with van der Waals surface area (Å²) in [6.45, 7) is -1.65. The molecule has 1 heterocycles. The van der Waals surface area contributed by atoms with Crippen LogP contribution in [-0.2, 0) is 6.61 Å². The first kappa shape index (κ1) is 14.3. The van der Waals surface area contributed by atoms with Crippen molar-refractivity contribution in [3.05, 3.63) is 48.2 Å². The quantitative estimate of drug-likeness (QED) is 0.937. The highest BCUT2D eigenvalue weighted by Crippen LogP contribution is 2.30. The summed E-state index contributed by atoms with van der Waals surface area (Å²) in [7, 11) is 0. The Morgan fingerprint density at radius 3 is 2.45 bits per heavy atom. The molecule has 0 spiro atoms. The molecular weight excluding hydrogens is 271 g/mol. The number of alkyl halides is 3. The van der Waals surface area contributed by atoms with E-state index in [0.29, 0.717) is 16.7 Å². The fourth-order valence-corrected chi connectivity index (χ4v) is 1.67. The highest BCUT2D eigenvalue weighted by molar-refractivity contribution is 5.69. The number of halogens is 3. The summed E-state index contributed by atoms with van der Waals surface area (Å²) in [5, 5.41) is 9.10. The number of pyridine rings is 1. The number of aromatic nitrogens is 1. The Hall–Kier alpha value is -2.08. The minimum Gasteiger partial charge on any atom is -0.468 e. The van der Waals surface area contributed by atoms with Crippen LogP contribution in [0.5, 0.6) is 5.88 Å². The van der Waals surface area contributed by atoms with Crippen LogP contribution in [0.15, 0.2) is 42.6 Å². The summed E-state index contributed by atoms with van der Waals surface area (Å²) < 4.78 is 41.4. The molecule has 0 unspecified atom stereocenters. The molecule has 20 heavy (non-hydrogen) atoms. The van der Waals surface area contributed by atoms with Crippen LogP contribution < -0.4 is 4.74 Å². The molecule has 0 saturated heterocycles. The number of benzene rings is 1. The SMILES string of the molecule is OCc1cnc(OCC(F)(F)F)c(-c2ccccc2)c1. The van der Waals surface area contributed by atoms with Gasteiger partial charge < -0.3 is 9.84 Å². The third kappa shape index (κ3) is 3.71. The van der Waals surface area contributed by atoms with E-state index in [1.54, 1.807) is 36.4 Å². The first-order valence-corrected chi connectivity index (χ1v) is 5.84. The van der Waals surface area contributed by atoms with Crippen LogP contribution in [0.25, 0.3) is 11.1 Å². The van der Waals surface area contributed by atoms with Gasteiger partial charge in [-0.05, 0) is 17.2 Å². The number of hydrogen-bond donors (Lipinski definition) is 1. The topological polar surface area (TPSA) is 42.4 Å². The van der Waals surface area contributed by atoms with Crippen molar-refractivity contribution in [2.24, 2.45) is 0 Å². The van der Waals surface area contributed by atoms with Crippen molar-refractivity contribution in [2.45, 2.75) is 12.8 Å². The standard InChI is InChI=1S/C14H12F3NO2/c15-14(16,17)9-20-13-12(6-10(8-19)7-18-13)11-4-2-1-3-5-11/h1-7,19H,8-9H2. The maximum Gasteiger partial charge on any atom is 0.422 e. The second kappa shape index (κ2) is 5.92. The number of aliphatic hydroxyl groups is 1. The van der Waals surface area contributed by atoms with E-state index in [1.165, 1.54) is 6.20 Å². The third-order valence-electron chi connectivity index (χ3n) is 2.55. The van der Waals surface area contributed by atoms with Gasteiger partial charge in [0.25, 0.3) is 0 Å². The van der Waals surface area contributed by atoms with Gasteiger partial charge in [-0.2, -0.15) is 13.2 Å². The highest BCUT2D eigenvalue weighted by atomic mass is 19.4. The monoisotopic (exact) mass is 283 g/mol. The van der Waals surface area contributed by atoms with Gasteiger partial charge >= 0.3 is 6.18 Å². The molecule has 1 aromatic carbocycles. The lowest BCUT2D eigenvalue weighted by Crippen LogP contribution is -2.20. The Bertz CT molecular complexity index is 570. The van der Waals surface area contributed by atoms with E-state index < -0.39 is 12.8 Å². The number of hydrogen-bond acceptors (Lipinski definition) is 3. The molecule has 2 rings (SSSR count). The van der Waals surface area contributed by atoms with E-state index in [2.05, 4.69) is 4.98 Å². The predicted molar refractivity (Wildman–Crippen MR) is 67.1 cm³/mol. The van der Waals surface area contributed by atoms with Gasteiger partial charge in [-0.15, -0.1) is 0 Å². The molecule has 0 fully saturated rings. The van der Waals surface area contributed by atoms with Gasteiger partial charge in [0.1, 0.15) is 0 Å². The van der Waals surface area contributed by atoms with E-state index in [9.17, 15) is 13.2 Å². The molecule has 0 saturated carbocycles. The molecule has 0 bridgehead atoms. The van der Waals surface area contributed by atoms with Gasteiger partial charge in [-0.25, -0.2) is 4.98 Å². The molecule has 3 nitrogen and oxygen atoms in total. The minimum absolute atomic E-state index is 0.106. The first-order valence-electron chi connectivity index (χ1n) is 5.84. The molecule has 0 aliphatic rings. The Kier molecular flexibility index (Phi) is 4.24. The second-order valence-electron chi connectivity index (χ2n) is 4.12.